The molecule has 1 aromatic heterocycles. The molecule has 0 amide bonds. The summed E-state index contributed by atoms with van der Waals surface area (Å²) in [6.07, 6.45) is 5.75. The lowest BCUT2D eigenvalue weighted by Gasteiger charge is -2.31. The molecule has 27 heavy (non-hydrogen) atoms. The Bertz CT molecular complexity index is 872. The molecule has 0 saturated carbocycles. The topological polar surface area (TPSA) is 56.6 Å². The molecule has 2 aliphatic rings. The van der Waals surface area contributed by atoms with Gasteiger partial charge < -0.3 is 20.2 Å². The molecule has 0 bridgehead atoms. The summed E-state index contributed by atoms with van der Waals surface area (Å²) in [5.74, 6) is 0.0662. The van der Waals surface area contributed by atoms with Gasteiger partial charge in [0.05, 0.1) is 16.4 Å². The lowest BCUT2D eigenvalue weighted by Crippen LogP contribution is -2.38. The Morgan fingerprint density at radius 3 is 2.96 bits per heavy atom. The molecule has 3 heterocycles. The van der Waals surface area contributed by atoms with E-state index in [1.165, 1.54) is 12.1 Å². The van der Waals surface area contributed by atoms with Crippen molar-refractivity contribution in [3.05, 3.63) is 52.8 Å². The van der Waals surface area contributed by atoms with E-state index in [2.05, 4.69) is 20.8 Å². The molecule has 2 aromatic rings. The average molecular weight is 392 g/mol. The van der Waals surface area contributed by atoms with Crippen molar-refractivity contribution in [2.45, 2.75) is 18.8 Å². The van der Waals surface area contributed by atoms with Gasteiger partial charge in [-0.3, -0.25) is 5.01 Å². The van der Waals surface area contributed by atoms with Crippen molar-refractivity contribution >= 4 is 22.6 Å². The van der Waals surface area contributed by atoms with Gasteiger partial charge in [0.15, 0.2) is 5.58 Å². The number of hydrogen-bond donors (Lipinski definition) is 2. The number of benzene rings is 1. The fraction of sp³-hybridized carbons (Fsp3) is 0.421. The average Bonchev–Trinajstić information content (AvgIpc) is 3.07. The molecule has 4 rings (SSSR count). The highest BCUT2D eigenvalue weighted by Crippen LogP contribution is 2.32. The second-order valence-electron chi connectivity index (χ2n) is 7.03. The Morgan fingerprint density at radius 2 is 2.19 bits per heavy atom. The number of fused-ring (bicyclic) bond motifs is 1. The summed E-state index contributed by atoms with van der Waals surface area (Å²) in [4.78, 5) is 2.44. The summed E-state index contributed by atoms with van der Waals surface area (Å²) in [6, 6.07) is 4.64. The van der Waals surface area contributed by atoms with Crippen LogP contribution in [0, 0.1) is 5.82 Å². The van der Waals surface area contributed by atoms with Gasteiger partial charge in [-0.15, -0.1) is 0 Å². The summed E-state index contributed by atoms with van der Waals surface area (Å²) < 4.78 is 18.6. The predicted molar refractivity (Wildman–Crippen MR) is 103 cm³/mol. The largest absolute Gasteiger partial charge is 0.381 e. The van der Waals surface area contributed by atoms with E-state index in [1.54, 1.807) is 11.1 Å². The second kappa shape index (κ2) is 7.78. The number of piperidine rings is 1. The van der Waals surface area contributed by atoms with Crippen LogP contribution in [0.2, 0.25) is 0 Å². The molecule has 2 N–H and O–H groups in total. The number of likely N-dealkylation sites (tertiary alicyclic amines) is 1. The highest BCUT2D eigenvalue weighted by atomic mass is 35.5. The van der Waals surface area contributed by atoms with Gasteiger partial charge in [-0.05, 0) is 38.1 Å². The van der Waals surface area contributed by atoms with Crippen LogP contribution in [0.5, 0.6) is 0 Å². The van der Waals surface area contributed by atoms with Gasteiger partial charge in [0.25, 0.3) is 0 Å². The Kier molecular flexibility index (Phi) is 5.22. The van der Waals surface area contributed by atoms with Crippen LogP contribution >= 0.6 is 11.6 Å². The number of nitrogens with one attached hydrogen (secondary N) is 2. The van der Waals surface area contributed by atoms with Crippen LogP contribution in [0.3, 0.4) is 0 Å². The van der Waals surface area contributed by atoms with Crippen molar-refractivity contribution in [2.24, 2.45) is 0 Å². The van der Waals surface area contributed by atoms with Gasteiger partial charge >= 0.3 is 0 Å². The molecule has 0 radical (unpaired) electrons. The van der Waals surface area contributed by atoms with E-state index in [4.69, 9.17) is 16.1 Å². The highest BCUT2D eigenvalue weighted by Gasteiger charge is 2.25. The lowest BCUT2D eigenvalue weighted by molar-refractivity contribution is 0.211. The Hall–Kier alpha value is -2.25. The third-order valence-corrected chi connectivity index (χ3v) is 5.46. The Morgan fingerprint density at radius 1 is 1.37 bits per heavy atom. The first-order valence-electron chi connectivity index (χ1n) is 9.18. The molecule has 1 saturated heterocycles. The molecule has 1 aromatic carbocycles. The van der Waals surface area contributed by atoms with Crippen LogP contribution in [0.1, 0.15) is 24.5 Å². The molecule has 6 nitrogen and oxygen atoms in total. The van der Waals surface area contributed by atoms with E-state index in [0.717, 1.165) is 55.8 Å². The standard InChI is InChI=1S/C19H23ClFN5O/c1-25-12-16(20)17(11-23-25)22-6-9-26-7-4-13(5-8-26)19-15-3-2-14(21)10-18(15)27-24-19/h2-3,10-13,22-23H,4-9H2,1H3. The molecule has 8 heteroatoms. The molecule has 2 aliphatic heterocycles. The quantitative estimate of drug-likeness (QED) is 0.816. The number of hydrazine groups is 1. The summed E-state index contributed by atoms with van der Waals surface area (Å²) in [5, 5.41) is 11.0. The SMILES string of the molecule is CN1C=C(Cl)C(NCCN2CCC(c3noc4cc(F)ccc34)CC2)=CN1. The second-order valence-corrected chi connectivity index (χ2v) is 7.43. The van der Waals surface area contributed by atoms with Gasteiger partial charge in [-0.2, -0.15) is 0 Å². The van der Waals surface area contributed by atoms with E-state index in [9.17, 15) is 4.39 Å². The third-order valence-electron chi connectivity index (χ3n) is 5.16. The monoisotopic (exact) mass is 391 g/mol. The molecule has 0 atom stereocenters. The molecule has 0 aliphatic carbocycles. The first-order chi connectivity index (χ1) is 13.1. The molecular weight excluding hydrogens is 369 g/mol. The predicted octanol–water partition coefficient (Wildman–Crippen LogP) is 3.11. The van der Waals surface area contributed by atoms with Crippen molar-refractivity contribution in [2.75, 3.05) is 33.2 Å². The first-order valence-corrected chi connectivity index (χ1v) is 9.56. The van der Waals surface area contributed by atoms with Gasteiger partial charge in [-0.1, -0.05) is 16.8 Å². The Labute approximate surface area is 162 Å². The maximum Gasteiger partial charge on any atom is 0.170 e. The fourth-order valence-corrected chi connectivity index (χ4v) is 3.92. The smallest absolute Gasteiger partial charge is 0.170 e. The number of hydrogen-bond acceptors (Lipinski definition) is 6. The zero-order valence-electron chi connectivity index (χ0n) is 15.2. The van der Waals surface area contributed by atoms with Crippen LogP contribution in [0.25, 0.3) is 11.0 Å². The highest BCUT2D eigenvalue weighted by molar-refractivity contribution is 6.31. The minimum absolute atomic E-state index is 0.294. The number of aromatic nitrogens is 1. The van der Waals surface area contributed by atoms with E-state index in [1.807, 2.05) is 19.4 Å². The lowest BCUT2D eigenvalue weighted by atomic mass is 9.91. The van der Waals surface area contributed by atoms with E-state index in [0.29, 0.717) is 16.5 Å². The van der Waals surface area contributed by atoms with Crippen molar-refractivity contribution in [3.8, 4) is 0 Å². The fourth-order valence-electron chi connectivity index (χ4n) is 3.65. The van der Waals surface area contributed by atoms with E-state index in [-0.39, 0.29) is 5.82 Å². The minimum atomic E-state index is -0.294. The van der Waals surface area contributed by atoms with Gasteiger partial charge in [0.2, 0.25) is 0 Å². The number of nitrogens with zero attached hydrogens (tertiary/aromatic N) is 3. The molecule has 0 spiro atoms. The Balaban J connectivity index is 1.27. The van der Waals surface area contributed by atoms with Crippen molar-refractivity contribution in [1.82, 2.24) is 25.8 Å². The van der Waals surface area contributed by atoms with Crippen molar-refractivity contribution in [1.29, 1.82) is 0 Å². The first kappa shape index (κ1) is 18.1. The summed E-state index contributed by atoms with van der Waals surface area (Å²) in [5.41, 5.74) is 5.48. The molecule has 1 fully saturated rings. The maximum atomic E-state index is 13.3. The summed E-state index contributed by atoms with van der Waals surface area (Å²) in [6.45, 7) is 3.80. The normalized spacial score (nSPS) is 19.0. The van der Waals surface area contributed by atoms with Gasteiger partial charge in [0, 0.05) is 49.9 Å². The van der Waals surface area contributed by atoms with Crippen LogP contribution in [-0.4, -0.2) is 48.3 Å². The third kappa shape index (κ3) is 4.04. The number of halogens is 2. The number of allylic oxidation sites excluding steroid dienone is 1. The maximum absolute atomic E-state index is 13.3. The van der Waals surface area contributed by atoms with Crippen LogP contribution in [0.4, 0.5) is 4.39 Å². The zero-order chi connectivity index (χ0) is 18.8. The summed E-state index contributed by atoms with van der Waals surface area (Å²) in [7, 11) is 1.90. The van der Waals surface area contributed by atoms with Gasteiger partial charge in [-0.25, -0.2) is 4.39 Å². The minimum Gasteiger partial charge on any atom is -0.381 e. The molecular formula is C19H23ClFN5O. The van der Waals surface area contributed by atoms with Crippen LogP contribution in [-0.2, 0) is 0 Å². The van der Waals surface area contributed by atoms with Crippen LogP contribution in [0.15, 0.2) is 45.9 Å². The van der Waals surface area contributed by atoms with E-state index < -0.39 is 0 Å². The van der Waals surface area contributed by atoms with Crippen LogP contribution < -0.4 is 10.7 Å². The van der Waals surface area contributed by atoms with Crippen molar-refractivity contribution < 1.29 is 8.91 Å². The van der Waals surface area contributed by atoms with Gasteiger partial charge in [0.1, 0.15) is 5.82 Å². The number of rotatable bonds is 5. The molecule has 0 unspecified atom stereocenters. The molecule has 144 valence electrons. The summed E-state index contributed by atoms with van der Waals surface area (Å²) >= 11 is 6.23. The van der Waals surface area contributed by atoms with Crippen molar-refractivity contribution in [3.63, 3.8) is 0 Å². The van der Waals surface area contributed by atoms with E-state index >= 15 is 0 Å². The zero-order valence-corrected chi connectivity index (χ0v) is 16.0.